The Bertz CT molecular complexity index is 757. The van der Waals surface area contributed by atoms with E-state index in [0.29, 0.717) is 12.3 Å². The Balaban J connectivity index is 1.58. The summed E-state index contributed by atoms with van der Waals surface area (Å²) in [6, 6.07) is 15.3. The number of ether oxygens (including phenoxy) is 3. The Morgan fingerprint density at radius 3 is 2.36 bits per heavy atom. The molecule has 1 saturated heterocycles. The average molecular weight is 384 g/mol. The highest BCUT2D eigenvalue weighted by molar-refractivity contribution is 5.77. The van der Waals surface area contributed by atoms with E-state index in [4.69, 9.17) is 14.2 Å². The largest absolute Gasteiger partial charge is 0.497 e. The van der Waals surface area contributed by atoms with Gasteiger partial charge in [0, 0.05) is 12.1 Å². The molecule has 1 atom stereocenters. The number of hydrogen-bond donors (Lipinski definition) is 1. The maximum absolute atomic E-state index is 12.3. The predicted molar refractivity (Wildman–Crippen MR) is 108 cm³/mol. The first-order valence-electron chi connectivity index (χ1n) is 9.62. The highest BCUT2D eigenvalue weighted by Crippen LogP contribution is 2.31. The summed E-state index contributed by atoms with van der Waals surface area (Å²) >= 11 is 0. The Labute approximate surface area is 166 Å². The minimum atomic E-state index is -0.144. The SMILES string of the molecule is COc1ccc(OCC(=O)NCC(c2ccccc2OC)N2CCCC2)cc1. The molecule has 0 aromatic heterocycles. The van der Waals surface area contributed by atoms with Crippen LogP contribution in [0.4, 0.5) is 0 Å². The Hall–Kier alpha value is -2.73. The molecule has 2 aromatic carbocycles. The van der Waals surface area contributed by atoms with Crippen LogP contribution in [0.2, 0.25) is 0 Å². The molecule has 28 heavy (non-hydrogen) atoms. The summed E-state index contributed by atoms with van der Waals surface area (Å²) in [6.45, 7) is 2.55. The molecule has 6 nitrogen and oxygen atoms in total. The maximum Gasteiger partial charge on any atom is 0.258 e. The van der Waals surface area contributed by atoms with Crippen LogP contribution in [0.25, 0.3) is 0 Å². The molecule has 1 unspecified atom stereocenters. The summed E-state index contributed by atoms with van der Waals surface area (Å²) < 4.78 is 16.2. The molecule has 150 valence electrons. The molecular weight excluding hydrogens is 356 g/mol. The monoisotopic (exact) mass is 384 g/mol. The number of carbonyl (C=O) groups is 1. The van der Waals surface area contributed by atoms with Crippen LogP contribution in [0, 0.1) is 0 Å². The first-order chi connectivity index (χ1) is 13.7. The summed E-state index contributed by atoms with van der Waals surface area (Å²) in [6.07, 6.45) is 2.36. The Morgan fingerprint density at radius 1 is 1.00 bits per heavy atom. The lowest BCUT2D eigenvalue weighted by Crippen LogP contribution is -2.38. The number of likely N-dealkylation sites (tertiary alicyclic amines) is 1. The van der Waals surface area contributed by atoms with E-state index >= 15 is 0 Å². The van der Waals surface area contributed by atoms with Gasteiger partial charge in [-0.1, -0.05) is 18.2 Å². The van der Waals surface area contributed by atoms with Gasteiger partial charge in [0.15, 0.2) is 6.61 Å². The van der Waals surface area contributed by atoms with Crippen molar-refractivity contribution in [1.82, 2.24) is 10.2 Å². The van der Waals surface area contributed by atoms with Gasteiger partial charge in [-0.25, -0.2) is 0 Å². The third kappa shape index (κ3) is 5.16. The van der Waals surface area contributed by atoms with Gasteiger partial charge in [-0.3, -0.25) is 9.69 Å². The first-order valence-corrected chi connectivity index (χ1v) is 9.62. The molecule has 0 aliphatic carbocycles. The molecule has 2 aromatic rings. The van der Waals surface area contributed by atoms with Gasteiger partial charge < -0.3 is 19.5 Å². The molecule has 1 heterocycles. The van der Waals surface area contributed by atoms with Crippen molar-refractivity contribution in [3.05, 3.63) is 54.1 Å². The lowest BCUT2D eigenvalue weighted by molar-refractivity contribution is -0.123. The molecule has 1 aliphatic heterocycles. The Kier molecular flexibility index (Phi) is 7.14. The topological polar surface area (TPSA) is 60.0 Å². The van der Waals surface area contributed by atoms with Gasteiger partial charge in [0.25, 0.3) is 5.91 Å². The van der Waals surface area contributed by atoms with Gasteiger partial charge in [-0.15, -0.1) is 0 Å². The molecule has 3 rings (SSSR count). The van der Waals surface area contributed by atoms with Crippen LogP contribution in [-0.2, 0) is 4.79 Å². The molecule has 0 radical (unpaired) electrons. The number of para-hydroxylation sites is 1. The molecule has 1 aliphatic rings. The molecular formula is C22H28N2O4. The number of carbonyl (C=O) groups excluding carboxylic acids is 1. The van der Waals surface area contributed by atoms with Gasteiger partial charge in [-0.2, -0.15) is 0 Å². The van der Waals surface area contributed by atoms with E-state index in [1.165, 1.54) is 12.8 Å². The van der Waals surface area contributed by atoms with Crippen molar-refractivity contribution in [2.45, 2.75) is 18.9 Å². The van der Waals surface area contributed by atoms with Crippen LogP contribution in [0.15, 0.2) is 48.5 Å². The van der Waals surface area contributed by atoms with E-state index in [0.717, 1.165) is 30.2 Å². The number of benzene rings is 2. The van der Waals surface area contributed by atoms with Crippen molar-refractivity contribution in [1.29, 1.82) is 0 Å². The minimum Gasteiger partial charge on any atom is -0.497 e. The highest BCUT2D eigenvalue weighted by Gasteiger charge is 2.26. The standard InChI is InChI=1S/C22H28N2O4/c1-26-17-9-11-18(12-10-17)28-16-22(25)23-15-20(24-13-5-6-14-24)19-7-3-4-8-21(19)27-2/h3-4,7-12,20H,5-6,13-16H2,1-2H3,(H,23,25). The van der Waals surface area contributed by atoms with Gasteiger partial charge in [0.1, 0.15) is 17.2 Å². The zero-order valence-electron chi connectivity index (χ0n) is 16.5. The van der Waals surface area contributed by atoms with E-state index in [9.17, 15) is 4.79 Å². The van der Waals surface area contributed by atoms with Crippen molar-refractivity contribution in [3.8, 4) is 17.2 Å². The quantitative estimate of drug-likeness (QED) is 0.720. The van der Waals surface area contributed by atoms with E-state index in [-0.39, 0.29) is 18.6 Å². The second-order valence-corrected chi connectivity index (χ2v) is 6.77. The number of nitrogens with one attached hydrogen (secondary N) is 1. The summed E-state index contributed by atoms with van der Waals surface area (Å²) in [7, 11) is 3.29. The van der Waals surface area contributed by atoms with Crippen LogP contribution in [0.3, 0.4) is 0 Å². The third-order valence-corrected chi connectivity index (χ3v) is 5.00. The molecule has 0 saturated carbocycles. The number of rotatable bonds is 9. The normalized spacial score (nSPS) is 15.1. The van der Waals surface area contributed by atoms with Crippen LogP contribution >= 0.6 is 0 Å². The van der Waals surface area contributed by atoms with Crippen molar-refractivity contribution in [3.63, 3.8) is 0 Å². The van der Waals surface area contributed by atoms with Gasteiger partial charge >= 0.3 is 0 Å². The maximum atomic E-state index is 12.3. The molecule has 1 fully saturated rings. The summed E-state index contributed by atoms with van der Waals surface area (Å²) in [5, 5.41) is 3.02. The molecule has 1 N–H and O–H groups in total. The fraction of sp³-hybridized carbons (Fsp3) is 0.409. The predicted octanol–water partition coefficient (Wildman–Crippen LogP) is 3.04. The first kappa shape index (κ1) is 20.0. The van der Waals surface area contributed by atoms with Crippen LogP contribution in [0.1, 0.15) is 24.4 Å². The van der Waals surface area contributed by atoms with E-state index < -0.39 is 0 Å². The highest BCUT2D eigenvalue weighted by atomic mass is 16.5. The van der Waals surface area contributed by atoms with Crippen LogP contribution < -0.4 is 19.5 Å². The van der Waals surface area contributed by atoms with Crippen molar-refractivity contribution in [2.24, 2.45) is 0 Å². The van der Waals surface area contributed by atoms with E-state index in [1.54, 1.807) is 38.5 Å². The molecule has 0 bridgehead atoms. The summed E-state index contributed by atoms with van der Waals surface area (Å²) in [5.41, 5.74) is 1.10. The fourth-order valence-corrected chi connectivity index (χ4v) is 3.51. The molecule has 0 spiro atoms. The zero-order valence-corrected chi connectivity index (χ0v) is 16.5. The van der Waals surface area contributed by atoms with Crippen molar-refractivity contribution >= 4 is 5.91 Å². The number of methoxy groups -OCH3 is 2. The fourth-order valence-electron chi connectivity index (χ4n) is 3.51. The zero-order chi connectivity index (χ0) is 19.8. The van der Waals surface area contributed by atoms with Gasteiger partial charge in [0.2, 0.25) is 0 Å². The van der Waals surface area contributed by atoms with Crippen LogP contribution in [0.5, 0.6) is 17.2 Å². The molecule has 1 amide bonds. The third-order valence-electron chi connectivity index (χ3n) is 5.00. The lowest BCUT2D eigenvalue weighted by atomic mass is 10.0. The second-order valence-electron chi connectivity index (χ2n) is 6.77. The summed E-state index contributed by atoms with van der Waals surface area (Å²) in [4.78, 5) is 14.7. The molecule has 6 heteroatoms. The minimum absolute atomic E-state index is 0.0228. The van der Waals surface area contributed by atoms with Crippen molar-refractivity contribution < 1.29 is 19.0 Å². The number of nitrogens with zero attached hydrogens (tertiary/aromatic N) is 1. The van der Waals surface area contributed by atoms with Crippen molar-refractivity contribution in [2.75, 3.05) is 40.5 Å². The van der Waals surface area contributed by atoms with E-state index in [1.807, 2.05) is 18.2 Å². The lowest BCUT2D eigenvalue weighted by Gasteiger charge is -2.29. The average Bonchev–Trinajstić information content (AvgIpc) is 3.27. The second kappa shape index (κ2) is 9.99. The number of hydrogen-bond acceptors (Lipinski definition) is 5. The van der Waals surface area contributed by atoms with Gasteiger partial charge in [-0.05, 0) is 56.3 Å². The van der Waals surface area contributed by atoms with E-state index in [2.05, 4.69) is 16.3 Å². The summed E-state index contributed by atoms with van der Waals surface area (Å²) in [5.74, 6) is 2.09. The smallest absolute Gasteiger partial charge is 0.258 e. The Morgan fingerprint density at radius 2 is 1.68 bits per heavy atom. The van der Waals surface area contributed by atoms with Gasteiger partial charge in [0.05, 0.1) is 20.3 Å². The number of amides is 1. The van der Waals surface area contributed by atoms with Crippen LogP contribution in [-0.4, -0.2) is 51.3 Å².